The van der Waals surface area contributed by atoms with Crippen molar-refractivity contribution in [1.82, 2.24) is 4.90 Å². The molecule has 0 saturated carbocycles. The number of hydrogen-bond donors (Lipinski definition) is 0. The average molecular weight is 140 g/mol. The molecule has 1 aliphatic heterocycles. The molecule has 1 radical (unpaired) electrons. The molecule has 1 heterocycles. The summed E-state index contributed by atoms with van der Waals surface area (Å²) in [4.78, 5) is 2.54. The fourth-order valence-electron chi connectivity index (χ4n) is 1.51. The van der Waals surface area contributed by atoms with Crippen molar-refractivity contribution in [3.05, 3.63) is 6.42 Å². The predicted molar refractivity (Wildman–Crippen MR) is 44.8 cm³/mol. The molecular formula is C9H18N. The molecule has 10 heavy (non-hydrogen) atoms. The zero-order valence-corrected chi connectivity index (χ0v) is 7.14. The van der Waals surface area contributed by atoms with Gasteiger partial charge in [-0.15, -0.1) is 0 Å². The molecule has 1 saturated heterocycles. The molecule has 59 valence electrons. The van der Waals surface area contributed by atoms with Crippen LogP contribution in [0.2, 0.25) is 0 Å². The third-order valence-corrected chi connectivity index (χ3v) is 1.89. The van der Waals surface area contributed by atoms with E-state index in [-0.39, 0.29) is 0 Å². The number of likely N-dealkylation sites (tertiary alicyclic amines) is 1. The van der Waals surface area contributed by atoms with E-state index >= 15 is 0 Å². The van der Waals surface area contributed by atoms with Crippen molar-refractivity contribution in [2.24, 2.45) is 5.92 Å². The Balaban J connectivity index is 2.13. The number of hydrogen-bond acceptors (Lipinski definition) is 1. The highest BCUT2D eigenvalue weighted by molar-refractivity contribution is 4.77. The highest BCUT2D eigenvalue weighted by Crippen LogP contribution is 2.09. The molecule has 1 nitrogen and oxygen atoms in total. The Morgan fingerprint density at radius 3 is 2.80 bits per heavy atom. The van der Waals surface area contributed by atoms with Gasteiger partial charge in [-0.3, -0.25) is 0 Å². The number of rotatable bonds is 2. The molecule has 0 N–H and O–H groups in total. The van der Waals surface area contributed by atoms with Gasteiger partial charge in [0.05, 0.1) is 0 Å². The van der Waals surface area contributed by atoms with E-state index in [4.69, 9.17) is 0 Å². The molecule has 0 spiro atoms. The number of nitrogens with zero attached hydrogens (tertiary/aromatic N) is 1. The molecule has 0 aromatic heterocycles. The summed E-state index contributed by atoms with van der Waals surface area (Å²) in [6, 6.07) is 0. The molecule has 0 aromatic carbocycles. The summed E-state index contributed by atoms with van der Waals surface area (Å²) >= 11 is 0. The summed E-state index contributed by atoms with van der Waals surface area (Å²) in [5, 5.41) is 0. The first-order chi connectivity index (χ1) is 4.79. The third kappa shape index (κ3) is 2.70. The van der Waals surface area contributed by atoms with Crippen molar-refractivity contribution >= 4 is 0 Å². The zero-order valence-electron chi connectivity index (χ0n) is 7.14. The lowest BCUT2D eigenvalue weighted by molar-refractivity contribution is 0.235. The summed E-state index contributed by atoms with van der Waals surface area (Å²) in [5.74, 6) is 0.825. The highest BCUT2D eigenvalue weighted by atomic mass is 15.1. The van der Waals surface area contributed by atoms with E-state index in [0.717, 1.165) is 5.92 Å². The lowest BCUT2D eigenvalue weighted by Gasteiger charge is -2.27. The fourth-order valence-corrected chi connectivity index (χ4v) is 1.51. The highest BCUT2D eigenvalue weighted by Gasteiger charge is 2.10. The fraction of sp³-hybridized carbons (Fsp3) is 0.889. The molecule has 0 amide bonds. The second-order valence-corrected chi connectivity index (χ2v) is 3.58. The van der Waals surface area contributed by atoms with Crippen LogP contribution in [0, 0.1) is 12.3 Å². The molecule has 1 fully saturated rings. The van der Waals surface area contributed by atoms with E-state index in [1.807, 2.05) is 0 Å². The predicted octanol–water partition coefficient (Wildman–Crippen LogP) is 1.94. The van der Waals surface area contributed by atoms with E-state index in [1.54, 1.807) is 0 Å². The van der Waals surface area contributed by atoms with Crippen molar-refractivity contribution in [2.75, 3.05) is 19.6 Å². The molecule has 1 heteroatoms. The Kier molecular flexibility index (Phi) is 3.20. The van der Waals surface area contributed by atoms with Crippen LogP contribution >= 0.6 is 0 Å². The van der Waals surface area contributed by atoms with Crippen molar-refractivity contribution in [3.8, 4) is 0 Å². The molecule has 0 aromatic rings. The normalized spacial score (nSPS) is 21.9. The van der Waals surface area contributed by atoms with Gasteiger partial charge in [-0.05, 0) is 31.7 Å². The van der Waals surface area contributed by atoms with Gasteiger partial charge in [-0.1, -0.05) is 13.8 Å². The first-order valence-corrected chi connectivity index (χ1v) is 4.33. The Morgan fingerprint density at radius 2 is 2.30 bits per heavy atom. The topological polar surface area (TPSA) is 3.24 Å². The minimum atomic E-state index is 0.825. The number of piperidine rings is 1. The van der Waals surface area contributed by atoms with Gasteiger partial charge >= 0.3 is 0 Å². The van der Waals surface area contributed by atoms with Gasteiger partial charge in [0.1, 0.15) is 0 Å². The van der Waals surface area contributed by atoms with Crippen molar-refractivity contribution in [2.45, 2.75) is 26.7 Å². The maximum atomic E-state index is 2.54. The van der Waals surface area contributed by atoms with Gasteiger partial charge in [0, 0.05) is 13.1 Å². The van der Waals surface area contributed by atoms with Gasteiger partial charge in [-0.25, -0.2) is 0 Å². The summed E-state index contributed by atoms with van der Waals surface area (Å²) in [6.07, 6.45) is 5.09. The molecular weight excluding hydrogens is 122 g/mol. The van der Waals surface area contributed by atoms with Crippen LogP contribution in [0.5, 0.6) is 0 Å². The van der Waals surface area contributed by atoms with Gasteiger partial charge < -0.3 is 4.90 Å². The Morgan fingerprint density at radius 1 is 1.50 bits per heavy atom. The largest absolute Gasteiger partial charge is 0.303 e. The van der Waals surface area contributed by atoms with E-state index in [1.165, 1.54) is 32.5 Å². The molecule has 0 unspecified atom stereocenters. The summed E-state index contributed by atoms with van der Waals surface area (Å²) < 4.78 is 0. The smallest absolute Gasteiger partial charge is 0.00129 e. The SMILES string of the molecule is CC(C)CN1C[CH]CCC1. The van der Waals surface area contributed by atoms with Crippen LogP contribution in [0.15, 0.2) is 0 Å². The lowest BCUT2D eigenvalue weighted by atomic mass is 10.1. The third-order valence-electron chi connectivity index (χ3n) is 1.89. The lowest BCUT2D eigenvalue weighted by Crippen LogP contribution is -2.33. The quantitative estimate of drug-likeness (QED) is 0.566. The van der Waals surface area contributed by atoms with Gasteiger partial charge in [-0.2, -0.15) is 0 Å². The van der Waals surface area contributed by atoms with Crippen LogP contribution in [0.25, 0.3) is 0 Å². The van der Waals surface area contributed by atoms with Crippen molar-refractivity contribution < 1.29 is 0 Å². The second kappa shape index (κ2) is 3.97. The Labute approximate surface area is 64.4 Å². The zero-order chi connectivity index (χ0) is 7.40. The molecule has 1 aliphatic rings. The second-order valence-electron chi connectivity index (χ2n) is 3.58. The van der Waals surface area contributed by atoms with Crippen LogP contribution in [-0.4, -0.2) is 24.5 Å². The van der Waals surface area contributed by atoms with Gasteiger partial charge in [0.15, 0.2) is 0 Å². The first kappa shape index (κ1) is 8.06. The van der Waals surface area contributed by atoms with Crippen molar-refractivity contribution in [3.63, 3.8) is 0 Å². The van der Waals surface area contributed by atoms with Crippen LogP contribution in [0.3, 0.4) is 0 Å². The van der Waals surface area contributed by atoms with Crippen LogP contribution in [0.1, 0.15) is 26.7 Å². The molecule has 0 bridgehead atoms. The molecule has 1 rings (SSSR count). The monoisotopic (exact) mass is 140 g/mol. The summed E-state index contributed by atoms with van der Waals surface area (Å²) in [7, 11) is 0. The van der Waals surface area contributed by atoms with E-state index in [0.29, 0.717) is 0 Å². The Bertz CT molecular complexity index is 82.7. The summed E-state index contributed by atoms with van der Waals surface area (Å²) in [5.41, 5.74) is 0. The maximum absolute atomic E-state index is 2.54. The van der Waals surface area contributed by atoms with E-state index < -0.39 is 0 Å². The van der Waals surface area contributed by atoms with Crippen LogP contribution in [-0.2, 0) is 0 Å². The average Bonchev–Trinajstić information content (AvgIpc) is 1.88. The molecule has 0 atom stereocenters. The minimum Gasteiger partial charge on any atom is -0.303 e. The van der Waals surface area contributed by atoms with Gasteiger partial charge in [0.25, 0.3) is 0 Å². The van der Waals surface area contributed by atoms with E-state index in [9.17, 15) is 0 Å². The van der Waals surface area contributed by atoms with Crippen LogP contribution < -0.4 is 0 Å². The van der Waals surface area contributed by atoms with Crippen LogP contribution in [0.4, 0.5) is 0 Å². The Hall–Kier alpha value is -0.0400. The maximum Gasteiger partial charge on any atom is 0.00129 e. The van der Waals surface area contributed by atoms with E-state index in [2.05, 4.69) is 25.2 Å². The minimum absolute atomic E-state index is 0.825. The summed E-state index contributed by atoms with van der Waals surface area (Å²) in [6.45, 7) is 8.38. The van der Waals surface area contributed by atoms with Crippen molar-refractivity contribution in [1.29, 1.82) is 0 Å². The standard InChI is InChI=1S/C9H18N/c1-9(2)8-10-6-4-3-5-7-10/h4,9H,3,5-8H2,1-2H3. The molecule has 0 aliphatic carbocycles. The van der Waals surface area contributed by atoms with Gasteiger partial charge in [0.2, 0.25) is 0 Å². The first-order valence-electron chi connectivity index (χ1n) is 4.33.